The van der Waals surface area contributed by atoms with Crippen molar-refractivity contribution in [3.05, 3.63) is 16.1 Å². The SMILES string of the molecule is COCCN(CCOC)Cc1csc(C(C)C)n1. The number of ether oxygens (including phenoxy) is 2. The summed E-state index contributed by atoms with van der Waals surface area (Å²) in [6.45, 7) is 8.53. The lowest BCUT2D eigenvalue weighted by molar-refractivity contribution is 0.109. The minimum absolute atomic E-state index is 0.509. The van der Waals surface area contributed by atoms with Gasteiger partial charge in [0.05, 0.1) is 23.9 Å². The van der Waals surface area contributed by atoms with Gasteiger partial charge in [-0.05, 0) is 0 Å². The van der Waals surface area contributed by atoms with Crippen LogP contribution in [0.15, 0.2) is 5.38 Å². The predicted octanol–water partition coefficient (Wildman–Crippen LogP) is 2.36. The van der Waals surface area contributed by atoms with Gasteiger partial charge in [0.15, 0.2) is 0 Å². The molecule has 1 aromatic rings. The molecule has 0 radical (unpaired) electrons. The zero-order valence-corrected chi connectivity index (χ0v) is 12.6. The zero-order valence-electron chi connectivity index (χ0n) is 11.8. The van der Waals surface area contributed by atoms with Crippen LogP contribution < -0.4 is 0 Å². The smallest absolute Gasteiger partial charge is 0.0954 e. The van der Waals surface area contributed by atoms with Crippen molar-refractivity contribution >= 4 is 11.3 Å². The van der Waals surface area contributed by atoms with Crippen LogP contribution in [0.25, 0.3) is 0 Å². The Morgan fingerprint density at radius 2 is 1.83 bits per heavy atom. The Morgan fingerprint density at radius 1 is 1.22 bits per heavy atom. The molecule has 0 spiro atoms. The second-order valence-corrected chi connectivity index (χ2v) is 5.48. The van der Waals surface area contributed by atoms with Gasteiger partial charge in [-0.2, -0.15) is 0 Å². The summed E-state index contributed by atoms with van der Waals surface area (Å²) in [5.74, 6) is 0.509. The minimum atomic E-state index is 0.509. The van der Waals surface area contributed by atoms with Gasteiger partial charge in [-0.25, -0.2) is 4.98 Å². The fourth-order valence-electron chi connectivity index (χ4n) is 1.60. The summed E-state index contributed by atoms with van der Waals surface area (Å²) in [6, 6.07) is 0. The molecule has 1 aromatic heterocycles. The van der Waals surface area contributed by atoms with Crippen LogP contribution in [0.2, 0.25) is 0 Å². The second-order valence-electron chi connectivity index (χ2n) is 4.59. The first-order valence-corrected chi connectivity index (χ1v) is 7.19. The second kappa shape index (κ2) is 8.58. The van der Waals surface area contributed by atoms with Gasteiger partial charge in [0.25, 0.3) is 0 Å². The van der Waals surface area contributed by atoms with E-state index in [0.717, 1.165) is 38.5 Å². The van der Waals surface area contributed by atoms with Crippen LogP contribution in [0, 0.1) is 0 Å². The van der Waals surface area contributed by atoms with Crippen molar-refractivity contribution in [2.75, 3.05) is 40.5 Å². The monoisotopic (exact) mass is 272 g/mol. The number of rotatable bonds is 9. The Hall–Kier alpha value is -0.490. The predicted molar refractivity (Wildman–Crippen MR) is 75.2 cm³/mol. The summed E-state index contributed by atoms with van der Waals surface area (Å²) in [4.78, 5) is 6.97. The van der Waals surface area contributed by atoms with Gasteiger partial charge in [-0.1, -0.05) is 13.8 Å². The first kappa shape index (κ1) is 15.6. The van der Waals surface area contributed by atoms with Gasteiger partial charge in [0, 0.05) is 45.2 Å². The van der Waals surface area contributed by atoms with E-state index in [1.807, 2.05) is 0 Å². The highest BCUT2D eigenvalue weighted by atomic mass is 32.1. The molecule has 0 saturated heterocycles. The summed E-state index contributed by atoms with van der Waals surface area (Å²) < 4.78 is 10.3. The highest BCUT2D eigenvalue weighted by Gasteiger charge is 2.10. The number of nitrogens with zero attached hydrogens (tertiary/aromatic N) is 2. The van der Waals surface area contributed by atoms with Crippen LogP contribution in [0.3, 0.4) is 0 Å². The summed E-state index contributed by atoms with van der Waals surface area (Å²) in [5.41, 5.74) is 1.15. The number of hydrogen-bond donors (Lipinski definition) is 0. The minimum Gasteiger partial charge on any atom is -0.383 e. The number of methoxy groups -OCH3 is 2. The van der Waals surface area contributed by atoms with Crippen LogP contribution in [-0.2, 0) is 16.0 Å². The molecule has 0 atom stereocenters. The lowest BCUT2D eigenvalue weighted by Gasteiger charge is -2.20. The molecule has 0 saturated carbocycles. The van der Waals surface area contributed by atoms with Crippen molar-refractivity contribution in [1.29, 1.82) is 0 Å². The van der Waals surface area contributed by atoms with Gasteiger partial charge in [-0.15, -0.1) is 11.3 Å². The molecule has 5 heteroatoms. The van der Waals surface area contributed by atoms with E-state index in [9.17, 15) is 0 Å². The molecule has 0 amide bonds. The summed E-state index contributed by atoms with van der Waals surface area (Å²) in [6.07, 6.45) is 0. The highest BCUT2D eigenvalue weighted by Crippen LogP contribution is 2.19. The quantitative estimate of drug-likeness (QED) is 0.691. The first-order chi connectivity index (χ1) is 8.67. The molecule has 104 valence electrons. The molecular formula is C13H24N2O2S. The van der Waals surface area contributed by atoms with Gasteiger partial charge >= 0.3 is 0 Å². The van der Waals surface area contributed by atoms with Crippen molar-refractivity contribution in [1.82, 2.24) is 9.88 Å². The van der Waals surface area contributed by atoms with E-state index in [4.69, 9.17) is 9.47 Å². The highest BCUT2D eigenvalue weighted by molar-refractivity contribution is 7.09. The molecule has 1 rings (SSSR count). The van der Waals surface area contributed by atoms with Crippen molar-refractivity contribution in [3.8, 4) is 0 Å². The molecule has 0 bridgehead atoms. The van der Waals surface area contributed by atoms with Crippen molar-refractivity contribution in [2.45, 2.75) is 26.3 Å². The van der Waals surface area contributed by atoms with E-state index in [2.05, 4.69) is 29.1 Å². The fraction of sp³-hybridized carbons (Fsp3) is 0.769. The maximum Gasteiger partial charge on any atom is 0.0954 e. The maximum absolute atomic E-state index is 5.13. The number of hydrogen-bond acceptors (Lipinski definition) is 5. The third-order valence-corrected chi connectivity index (χ3v) is 3.87. The van der Waals surface area contributed by atoms with E-state index in [0.29, 0.717) is 5.92 Å². The Kier molecular flexibility index (Phi) is 7.42. The molecule has 18 heavy (non-hydrogen) atoms. The van der Waals surface area contributed by atoms with Crippen molar-refractivity contribution in [2.24, 2.45) is 0 Å². The van der Waals surface area contributed by atoms with E-state index < -0.39 is 0 Å². The molecular weight excluding hydrogens is 248 g/mol. The van der Waals surface area contributed by atoms with Gasteiger partial charge in [0.1, 0.15) is 0 Å². The standard InChI is InChI=1S/C13H24N2O2S/c1-11(2)13-14-12(10-18-13)9-15(5-7-16-3)6-8-17-4/h10-11H,5-9H2,1-4H3. The van der Waals surface area contributed by atoms with Crippen LogP contribution in [0.1, 0.15) is 30.5 Å². The molecule has 4 nitrogen and oxygen atoms in total. The Balaban J connectivity index is 2.51. The van der Waals surface area contributed by atoms with E-state index in [1.54, 1.807) is 25.6 Å². The van der Waals surface area contributed by atoms with E-state index in [-0.39, 0.29) is 0 Å². The summed E-state index contributed by atoms with van der Waals surface area (Å²) in [5, 5.41) is 3.37. The third-order valence-electron chi connectivity index (χ3n) is 2.67. The number of aromatic nitrogens is 1. The van der Waals surface area contributed by atoms with Crippen LogP contribution in [0.4, 0.5) is 0 Å². The Morgan fingerprint density at radius 3 is 2.28 bits per heavy atom. The first-order valence-electron chi connectivity index (χ1n) is 6.32. The Bertz CT molecular complexity index is 321. The number of thiazole rings is 1. The molecule has 0 aromatic carbocycles. The van der Waals surface area contributed by atoms with Crippen molar-refractivity contribution < 1.29 is 9.47 Å². The molecule has 0 unspecified atom stereocenters. The van der Waals surface area contributed by atoms with Crippen LogP contribution >= 0.6 is 11.3 Å². The van der Waals surface area contributed by atoms with Gasteiger partial charge in [-0.3, -0.25) is 4.90 Å². The molecule has 0 aliphatic rings. The molecule has 0 N–H and O–H groups in total. The average molecular weight is 272 g/mol. The third kappa shape index (κ3) is 5.44. The van der Waals surface area contributed by atoms with Crippen LogP contribution in [0.5, 0.6) is 0 Å². The molecule has 0 aliphatic heterocycles. The van der Waals surface area contributed by atoms with Crippen LogP contribution in [-0.4, -0.2) is 50.4 Å². The largest absolute Gasteiger partial charge is 0.383 e. The topological polar surface area (TPSA) is 34.6 Å². The molecule has 1 heterocycles. The zero-order chi connectivity index (χ0) is 13.4. The molecule has 0 fully saturated rings. The van der Waals surface area contributed by atoms with E-state index in [1.165, 1.54) is 5.01 Å². The van der Waals surface area contributed by atoms with E-state index >= 15 is 0 Å². The van der Waals surface area contributed by atoms with Gasteiger partial charge in [0.2, 0.25) is 0 Å². The van der Waals surface area contributed by atoms with Gasteiger partial charge < -0.3 is 9.47 Å². The summed E-state index contributed by atoms with van der Waals surface area (Å²) in [7, 11) is 3.46. The fourth-order valence-corrected chi connectivity index (χ4v) is 2.43. The average Bonchev–Trinajstić information content (AvgIpc) is 2.81. The summed E-state index contributed by atoms with van der Waals surface area (Å²) >= 11 is 1.75. The lowest BCUT2D eigenvalue weighted by Crippen LogP contribution is -2.30. The Labute approximate surface area is 114 Å². The lowest BCUT2D eigenvalue weighted by atomic mass is 10.2. The normalized spacial score (nSPS) is 11.7. The molecule has 0 aliphatic carbocycles. The van der Waals surface area contributed by atoms with Crippen molar-refractivity contribution in [3.63, 3.8) is 0 Å². The maximum atomic E-state index is 5.13.